The van der Waals surface area contributed by atoms with Crippen LogP contribution in [-0.2, 0) is 6.61 Å². The minimum atomic E-state index is 0.0115. The number of ether oxygens (including phenoxy) is 1. The van der Waals surface area contributed by atoms with Gasteiger partial charge in [0.1, 0.15) is 5.75 Å². The third-order valence-corrected chi connectivity index (χ3v) is 2.82. The van der Waals surface area contributed by atoms with Crippen LogP contribution in [0.15, 0.2) is 42.5 Å². The summed E-state index contributed by atoms with van der Waals surface area (Å²) in [6.45, 7) is 0.0115. The second-order valence-electron chi connectivity index (χ2n) is 3.70. The molecule has 3 heteroatoms. The number of halogens is 1. The number of rotatable bonds is 3. The van der Waals surface area contributed by atoms with Gasteiger partial charge in [0.25, 0.3) is 0 Å². The maximum absolute atomic E-state index is 9.16. The molecule has 0 bridgehead atoms. The molecule has 2 nitrogen and oxygen atoms in total. The van der Waals surface area contributed by atoms with Crippen LogP contribution in [-0.4, -0.2) is 12.2 Å². The number of benzene rings is 2. The molecule has 0 unspecified atom stereocenters. The van der Waals surface area contributed by atoms with E-state index in [-0.39, 0.29) is 6.61 Å². The fraction of sp³-hybridized carbons (Fsp3) is 0.143. The van der Waals surface area contributed by atoms with Crippen molar-refractivity contribution in [1.29, 1.82) is 0 Å². The summed E-state index contributed by atoms with van der Waals surface area (Å²) < 4.78 is 5.31. The molecular weight excluding hydrogens is 236 g/mol. The van der Waals surface area contributed by atoms with Gasteiger partial charge in [-0.3, -0.25) is 0 Å². The van der Waals surface area contributed by atoms with Crippen molar-refractivity contribution < 1.29 is 9.84 Å². The van der Waals surface area contributed by atoms with E-state index < -0.39 is 0 Å². The van der Waals surface area contributed by atoms with Gasteiger partial charge >= 0.3 is 0 Å². The van der Waals surface area contributed by atoms with Gasteiger partial charge in [-0.1, -0.05) is 29.8 Å². The van der Waals surface area contributed by atoms with Crippen molar-refractivity contribution in [3.05, 3.63) is 53.1 Å². The maximum Gasteiger partial charge on any atom is 0.126 e. The molecule has 0 heterocycles. The lowest BCUT2D eigenvalue weighted by atomic mass is 10.0. The molecule has 0 spiro atoms. The quantitative estimate of drug-likeness (QED) is 0.901. The van der Waals surface area contributed by atoms with E-state index >= 15 is 0 Å². The van der Waals surface area contributed by atoms with Gasteiger partial charge in [-0.25, -0.2) is 0 Å². The van der Waals surface area contributed by atoms with E-state index in [9.17, 15) is 0 Å². The summed E-state index contributed by atoms with van der Waals surface area (Å²) >= 11 is 5.97. The van der Waals surface area contributed by atoms with Gasteiger partial charge in [0.2, 0.25) is 0 Å². The van der Waals surface area contributed by atoms with Crippen molar-refractivity contribution in [3.8, 4) is 16.9 Å². The van der Waals surface area contributed by atoms with Gasteiger partial charge in [0.05, 0.1) is 13.7 Å². The predicted molar refractivity (Wildman–Crippen MR) is 69.4 cm³/mol. The van der Waals surface area contributed by atoms with Crippen molar-refractivity contribution in [2.24, 2.45) is 0 Å². The fourth-order valence-electron chi connectivity index (χ4n) is 1.74. The predicted octanol–water partition coefficient (Wildman–Crippen LogP) is 3.51. The normalized spacial score (nSPS) is 10.3. The first-order valence-corrected chi connectivity index (χ1v) is 5.66. The first-order chi connectivity index (χ1) is 8.24. The summed E-state index contributed by atoms with van der Waals surface area (Å²) in [7, 11) is 1.63. The molecule has 0 atom stereocenters. The summed E-state index contributed by atoms with van der Waals surface area (Å²) in [5.74, 6) is 0.768. The zero-order valence-corrected chi connectivity index (χ0v) is 10.2. The highest BCUT2D eigenvalue weighted by Crippen LogP contribution is 2.32. The Bertz CT molecular complexity index is 523. The van der Waals surface area contributed by atoms with E-state index in [2.05, 4.69) is 0 Å². The van der Waals surface area contributed by atoms with Gasteiger partial charge in [-0.15, -0.1) is 0 Å². The highest BCUT2D eigenvalue weighted by molar-refractivity contribution is 6.30. The highest BCUT2D eigenvalue weighted by atomic mass is 35.5. The van der Waals surface area contributed by atoms with Gasteiger partial charge in [0, 0.05) is 10.6 Å². The second kappa shape index (κ2) is 5.21. The SMILES string of the molecule is COc1ccc(CO)cc1-c1cccc(Cl)c1. The third-order valence-electron chi connectivity index (χ3n) is 2.58. The molecule has 0 aliphatic heterocycles. The van der Waals surface area contributed by atoms with Crippen LogP contribution in [0.1, 0.15) is 5.56 Å². The van der Waals surface area contributed by atoms with Crippen LogP contribution in [0.3, 0.4) is 0 Å². The molecule has 0 saturated heterocycles. The molecule has 2 aromatic carbocycles. The van der Waals surface area contributed by atoms with Crippen LogP contribution in [0.2, 0.25) is 5.02 Å². The zero-order chi connectivity index (χ0) is 12.3. The monoisotopic (exact) mass is 248 g/mol. The molecule has 0 aliphatic rings. The van der Waals surface area contributed by atoms with E-state index in [0.717, 1.165) is 22.4 Å². The first kappa shape index (κ1) is 12.0. The Hall–Kier alpha value is -1.51. The van der Waals surface area contributed by atoms with E-state index in [1.54, 1.807) is 7.11 Å². The van der Waals surface area contributed by atoms with Crippen molar-refractivity contribution in [2.45, 2.75) is 6.61 Å². The number of hydrogen-bond donors (Lipinski definition) is 1. The van der Waals surface area contributed by atoms with Gasteiger partial charge < -0.3 is 9.84 Å². The molecule has 2 rings (SSSR count). The lowest BCUT2D eigenvalue weighted by Gasteiger charge is -2.10. The van der Waals surface area contributed by atoms with Crippen LogP contribution >= 0.6 is 11.6 Å². The Kier molecular flexibility index (Phi) is 3.67. The number of hydrogen-bond acceptors (Lipinski definition) is 2. The molecule has 88 valence electrons. The number of aliphatic hydroxyl groups is 1. The van der Waals surface area contributed by atoms with Crippen molar-refractivity contribution in [1.82, 2.24) is 0 Å². The van der Waals surface area contributed by atoms with Crippen molar-refractivity contribution in [3.63, 3.8) is 0 Å². The number of methoxy groups -OCH3 is 1. The Morgan fingerprint density at radius 2 is 2.00 bits per heavy atom. The average molecular weight is 249 g/mol. The van der Waals surface area contributed by atoms with Gasteiger partial charge in [-0.2, -0.15) is 0 Å². The second-order valence-corrected chi connectivity index (χ2v) is 4.14. The molecule has 0 fully saturated rings. The summed E-state index contributed by atoms with van der Waals surface area (Å²) in [5, 5.41) is 9.84. The Morgan fingerprint density at radius 3 is 2.65 bits per heavy atom. The summed E-state index contributed by atoms with van der Waals surface area (Å²) in [4.78, 5) is 0. The first-order valence-electron chi connectivity index (χ1n) is 5.28. The smallest absolute Gasteiger partial charge is 0.126 e. The standard InChI is InChI=1S/C14H13ClO2/c1-17-14-6-5-10(9-16)7-13(14)11-3-2-4-12(15)8-11/h2-8,16H,9H2,1H3. The summed E-state index contributed by atoms with van der Waals surface area (Å²) in [6, 6.07) is 13.2. The molecular formula is C14H13ClO2. The molecule has 0 radical (unpaired) electrons. The lowest BCUT2D eigenvalue weighted by molar-refractivity contribution is 0.281. The third kappa shape index (κ3) is 2.60. The van der Waals surface area contributed by atoms with E-state index in [1.807, 2.05) is 42.5 Å². The van der Waals surface area contributed by atoms with E-state index in [4.69, 9.17) is 21.4 Å². The molecule has 0 amide bonds. The lowest BCUT2D eigenvalue weighted by Crippen LogP contribution is -1.91. The summed E-state index contributed by atoms with van der Waals surface area (Å²) in [6.07, 6.45) is 0. The molecule has 17 heavy (non-hydrogen) atoms. The van der Waals surface area contributed by atoms with Crippen LogP contribution in [0, 0.1) is 0 Å². The van der Waals surface area contributed by atoms with E-state index in [0.29, 0.717) is 5.02 Å². The Balaban J connectivity index is 2.56. The van der Waals surface area contributed by atoms with Crippen molar-refractivity contribution >= 4 is 11.6 Å². The largest absolute Gasteiger partial charge is 0.496 e. The molecule has 2 aromatic rings. The van der Waals surface area contributed by atoms with Crippen LogP contribution in [0.25, 0.3) is 11.1 Å². The molecule has 1 N–H and O–H groups in total. The molecule has 0 aromatic heterocycles. The zero-order valence-electron chi connectivity index (χ0n) is 9.48. The molecule has 0 aliphatic carbocycles. The minimum Gasteiger partial charge on any atom is -0.496 e. The topological polar surface area (TPSA) is 29.5 Å². The van der Waals surface area contributed by atoms with Gasteiger partial charge in [-0.05, 0) is 35.4 Å². The Labute approximate surface area is 105 Å². The fourth-order valence-corrected chi connectivity index (χ4v) is 1.93. The average Bonchev–Trinajstić information content (AvgIpc) is 2.38. The van der Waals surface area contributed by atoms with Gasteiger partial charge in [0.15, 0.2) is 0 Å². The maximum atomic E-state index is 9.16. The van der Waals surface area contributed by atoms with Crippen LogP contribution < -0.4 is 4.74 Å². The highest BCUT2D eigenvalue weighted by Gasteiger charge is 2.07. The van der Waals surface area contributed by atoms with Crippen LogP contribution in [0.5, 0.6) is 5.75 Å². The van der Waals surface area contributed by atoms with E-state index in [1.165, 1.54) is 0 Å². The Morgan fingerprint density at radius 1 is 1.18 bits per heavy atom. The molecule has 0 saturated carbocycles. The van der Waals surface area contributed by atoms with Crippen molar-refractivity contribution in [2.75, 3.05) is 7.11 Å². The number of aliphatic hydroxyl groups excluding tert-OH is 1. The minimum absolute atomic E-state index is 0.0115. The van der Waals surface area contributed by atoms with Crippen LogP contribution in [0.4, 0.5) is 0 Å². The summed E-state index contributed by atoms with van der Waals surface area (Å²) in [5.41, 5.74) is 2.76.